The maximum absolute atomic E-state index is 12.8. The largest absolute Gasteiger partial charge is 0.452 e. The molecule has 4 rings (SSSR count). The number of nitrogens with one attached hydrogen (secondary N) is 1. The lowest BCUT2D eigenvalue weighted by Crippen LogP contribution is -2.31. The zero-order valence-corrected chi connectivity index (χ0v) is 18.4. The van der Waals surface area contributed by atoms with Crippen LogP contribution in [-0.2, 0) is 19.1 Å². The van der Waals surface area contributed by atoms with Crippen molar-refractivity contribution in [1.29, 1.82) is 0 Å². The van der Waals surface area contributed by atoms with E-state index in [0.717, 1.165) is 18.4 Å². The number of hydrogen-bond acceptors (Lipinski definition) is 5. The third kappa shape index (κ3) is 4.39. The quantitative estimate of drug-likeness (QED) is 0.541. The Morgan fingerprint density at radius 2 is 1.75 bits per heavy atom. The molecule has 0 spiro atoms. The topological polar surface area (TPSA) is 92.8 Å². The second kappa shape index (κ2) is 9.12. The number of amides is 3. The molecule has 1 aliphatic carbocycles. The second-order valence-electron chi connectivity index (χ2n) is 8.14. The van der Waals surface area contributed by atoms with E-state index in [1.165, 1.54) is 17.0 Å². The molecule has 2 aromatic rings. The zero-order valence-electron chi connectivity index (χ0n) is 17.6. The Morgan fingerprint density at radius 1 is 1.06 bits per heavy atom. The van der Waals surface area contributed by atoms with Crippen molar-refractivity contribution in [2.45, 2.75) is 32.6 Å². The average Bonchev–Trinajstić information content (AvgIpc) is 3.05. The summed E-state index contributed by atoms with van der Waals surface area (Å²) in [5, 5.41) is 3.13. The van der Waals surface area contributed by atoms with Crippen LogP contribution in [0.15, 0.2) is 42.5 Å². The van der Waals surface area contributed by atoms with Gasteiger partial charge in [-0.05, 0) is 55.7 Å². The summed E-state index contributed by atoms with van der Waals surface area (Å²) in [6.07, 6.45) is 3.32. The summed E-state index contributed by atoms with van der Waals surface area (Å²) < 4.78 is 5.13. The minimum absolute atomic E-state index is 0.157. The predicted molar refractivity (Wildman–Crippen MR) is 119 cm³/mol. The molecule has 1 saturated heterocycles. The first-order valence-electron chi connectivity index (χ1n) is 10.6. The van der Waals surface area contributed by atoms with Gasteiger partial charge in [0.15, 0.2) is 6.61 Å². The van der Waals surface area contributed by atoms with Crippen LogP contribution in [0.2, 0.25) is 5.02 Å². The highest BCUT2D eigenvalue weighted by molar-refractivity contribution is 6.31. The number of nitrogens with zero attached hydrogens (tertiary/aromatic N) is 1. The smallest absolute Gasteiger partial charge is 0.338 e. The SMILES string of the molecule is Cc1ccc(Cl)cc1NC(=O)COC(=O)c1cccc(N2C(=O)[C@H]3CCCC[C@H]3C2=O)c1. The Kier molecular flexibility index (Phi) is 6.28. The van der Waals surface area contributed by atoms with Crippen LogP contribution in [0, 0.1) is 18.8 Å². The molecule has 2 aromatic carbocycles. The molecule has 0 unspecified atom stereocenters. The lowest BCUT2D eigenvalue weighted by Gasteiger charge is -2.19. The van der Waals surface area contributed by atoms with E-state index in [0.29, 0.717) is 29.2 Å². The zero-order chi connectivity index (χ0) is 22.8. The van der Waals surface area contributed by atoms with Gasteiger partial charge >= 0.3 is 5.97 Å². The Hall–Kier alpha value is -3.19. The van der Waals surface area contributed by atoms with E-state index >= 15 is 0 Å². The van der Waals surface area contributed by atoms with Crippen LogP contribution in [0.5, 0.6) is 0 Å². The summed E-state index contributed by atoms with van der Waals surface area (Å²) in [5.41, 5.74) is 1.86. The molecule has 2 fully saturated rings. The Labute approximate surface area is 190 Å². The third-order valence-electron chi connectivity index (χ3n) is 5.99. The highest BCUT2D eigenvalue weighted by atomic mass is 35.5. The van der Waals surface area contributed by atoms with E-state index in [4.69, 9.17) is 16.3 Å². The molecule has 1 N–H and O–H groups in total. The van der Waals surface area contributed by atoms with Crippen molar-refractivity contribution in [3.63, 3.8) is 0 Å². The summed E-state index contributed by atoms with van der Waals surface area (Å²) in [6.45, 7) is 1.33. The molecule has 2 aliphatic rings. The number of carbonyl (C=O) groups is 4. The fourth-order valence-corrected chi connectivity index (χ4v) is 4.49. The fourth-order valence-electron chi connectivity index (χ4n) is 4.32. The van der Waals surface area contributed by atoms with Crippen molar-refractivity contribution in [2.75, 3.05) is 16.8 Å². The molecule has 1 heterocycles. The number of ether oxygens (including phenoxy) is 1. The molecule has 166 valence electrons. The first kappa shape index (κ1) is 22.0. The van der Waals surface area contributed by atoms with E-state index < -0.39 is 18.5 Å². The summed E-state index contributed by atoms with van der Waals surface area (Å²) in [6, 6.07) is 11.3. The molecule has 0 bridgehead atoms. The van der Waals surface area contributed by atoms with Gasteiger partial charge in [-0.25, -0.2) is 4.79 Å². The molecule has 1 saturated carbocycles. The standard InChI is InChI=1S/C24H23ClN2O5/c1-14-9-10-16(25)12-20(14)26-21(28)13-32-24(31)15-5-4-6-17(11-15)27-22(29)18-7-2-3-8-19(18)23(27)30/h4-6,9-12,18-19H,2-3,7-8,13H2,1H3,(H,26,28)/t18-,19+. The summed E-state index contributed by atoms with van der Waals surface area (Å²) in [4.78, 5) is 51.5. The van der Waals surface area contributed by atoms with E-state index in [9.17, 15) is 19.2 Å². The maximum atomic E-state index is 12.8. The van der Waals surface area contributed by atoms with Gasteiger partial charge in [-0.15, -0.1) is 0 Å². The van der Waals surface area contributed by atoms with E-state index in [1.54, 1.807) is 30.3 Å². The number of imide groups is 1. The van der Waals surface area contributed by atoms with Gasteiger partial charge in [-0.2, -0.15) is 0 Å². The lowest BCUT2D eigenvalue weighted by atomic mass is 9.81. The van der Waals surface area contributed by atoms with Gasteiger partial charge in [0.2, 0.25) is 11.8 Å². The fraction of sp³-hybridized carbons (Fsp3) is 0.333. The van der Waals surface area contributed by atoms with Gasteiger partial charge in [-0.3, -0.25) is 19.3 Å². The molecule has 32 heavy (non-hydrogen) atoms. The molecular weight excluding hydrogens is 432 g/mol. The predicted octanol–water partition coefficient (Wildman–Crippen LogP) is 4.12. The highest BCUT2D eigenvalue weighted by Crippen LogP contribution is 2.40. The first-order valence-corrected chi connectivity index (χ1v) is 10.9. The van der Waals surface area contributed by atoms with Crippen molar-refractivity contribution in [3.05, 3.63) is 58.6 Å². The lowest BCUT2D eigenvalue weighted by molar-refractivity contribution is -0.122. The van der Waals surface area contributed by atoms with Crippen molar-refractivity contribution >= 4 is 46.7 Å². The number of fused-ring (bicyclic) bond motifs is 1. The number of benzene rings is 2. The van der Waals surface area contributed by atoms with Crippen LogP contribution >= 0.6 is 11.6 Å². The van der Waals surface area contributed by atoms with Crippen LogP contribution in [0.3, 0.4) is 0 Å². The van der Waals surface area contributed by atoms with E-state index in [1.807, 2.05) is 6.92 Å². The highest BCUT2D eigenvalue weighted by Gasteiger charge is 2.48. The minimum atomic E-state index is -0.721. The molecule has 2 atom stereocenters. The van der Waals surface area contributed by atoms with Crippen molar-refractivity contribution in [2.24, 2.45) is 11.8 Å². The van der Waals surface area contributed by atoms with Gasteiger partial charge in [-0.1, -0.05) is 36.6 Å². The minimum Gasteiger partial charge on any atom is -0.452 e. The Balaban J connectivity index is 1.41. The van der Waals surface area contributed by atoms with Crippen LogP contribution in [-0.4, -0.2) is 30.3 Å². The van der Waals surface area contributed by atoms with E-state index in [-0.39, 0.29) is 29.2 Å². The van der Waals surface area contributed by atoms with Gasteiger partial charge in [0.25, 0.3) is 5.91 Å². The number of rotatable bonds is 5. The molecule has 0 aromatic heterocycles. The second-order valence-corrected chi connectivity index (χ2v) is 8.58. The Morgan fingerprint density at radius 3 is 2.44 bits per heavy atom. The number of anilines is 2. The molecule has 0 radical (unpaired) electrons. The van der Waals surface area contributed by atoms with E-state index in [2.05, 4.69) is 5.32 Å². The third-order valence-corrected chi connectivity index (χ3v) is 6.22. The number of halogens is 1. The van der Waals surface area contributed by atoms with Crippen LogP contribution < -0.4 is 10.2 Å². The van der Waals surface area contributed by atoms with Crippen LogP contribution in [0.25, 0.3) is 0 Å². The number of hydrogen-bond donors (Lipinski definition) is 1. The number of aryl methyl sites for hydroxylation is 1. The summed E-state index contributed by atoms with van der Waals surface area (Å²) in [5.74, 6) is -2.19. The van der Waals surface area contributed by atoms with Crippen molar-refractivity contribution < 1.29 is 23.9 Å². The van der Waals surface area contributed by atoms with Gasteiger partial charge in [0, 0.05) is 10.7 Å². The summed E-state index contributed by atoms with van der Waals surface area (Å²) >= 11 is 5.95. The van der Waals surface area contributed by atoms with Crippen molar-refractivity contribution in [1.82, 2.24) is 0 Å². The number of esters is 1. The van der Waals surface area contributed by atoms with Gasteiger partial charge in [0.1, 0.15) is 0 Å². The average molecular weight is 455 g/mol. The maximum Gasteiger partial charge on any atom is 0.338 e. The van der Waals surface area contributed by atoms with Gasteiger partial charge < -0.3 is 10.1 Å². The molecule has 7 nitrogen and oxygen atoms in total. The number of carbonyl (C=O) groups excluding carboxylic acids is 4. The van der Waals surface area contributed by atoms with Gasteiger partial charge in [0.05, 0.1) is 23.1 Å². The summed E-state index contributed by atoms with van der Waals surface area (Å²) in [7, 11) is 0. The molecule has 8 heteroatoms. The molecule has 1 aliphatic heterocycles. The van der Waals surface area contributed by atoms with Crippen molar-refractivity contribution in [3.8, 4) is 0 Å². The van der Waals surface area contributed by atoms with Crippen LogP contribution in [0.1, 0.15) is 41.6 Å². The molecule has 3 amide bonds. The Bertz CT molecular complexity index is 1080. The van der Waals surface area contributed by atoms with Crippen LogP contribution in [0.4, 0.5) is 11.4 Å². The first-order chi connectivity index (χ1) is 15.3. The molecular formula is C24H23ClN2O5. The monoisotopic (exact) mass is 454 g/mol. The normalized spacial score (nSPS) is 20.1.